The van der Waals surface area contributed by atoms with Crippen LogP contribution in [0, 0.1) is 5.38 Å². The SMILES string of the molecule is CCn1ncc2s[c]cc21. The van der Waals surface area contributed by atoms with Gasteiger partial charge < -0.3 is 0 Å². The van der Waals surface area contributed by atoms with Crippen molar-refractivity contribution in [3.05, 3.63) is 17.6 Å². The highest BCUT2D eigenvalue weighted by Gasteiger charge is 1.99. The van der Waals surface area contributed by atoms with Gasteiger partial charge in [0.15, 0.2) is 0 Å². The van der Waals surface area contributed by atoms with E-state index >= 15 is 0 Å². The van der Waals surface area contributed by atoms with Crippen molar-refractivity contribution in [2.75, 3.05) is 0 Å². The Balaban J connectivity index is 2.76. The van der Waals surface area contributed by atoms with Crippen LogP contribution in [-0.4, -0.2) is 9.78 Å². The maximum Gasteiger partial charge on any atom is 0.0797 e. The molecule has 2 heterocycles. The molecule has 0 saturated heterocycles. The standard InChI is InChI=1S/C7H7N2S/c1-2-9-6-3-4-10-7(6)5-8-9/h3,5H,2H2,1H3. The minimum Gasteiger partial charge on any atom is -0.264 e. The van der Waals surface area contributed by atoms with Crippen LogP contribution in [0.4, 0.5) is 0 Å². The van der Waals surface area contributed by atoms with E-state index in [9.17, 15) is 0 Å². The van der Waals surface area contributed by atoms with E-state index in [2.05, 4.69) is 17.4 Å². The molecule has 2 nitrogen and oxygen atoms in total. The number of thiophene rings is 1. The van der Waals surface area contributed by atoms with E-state index in [0.29, 0.717) is 0 Å². The van der Waals surface area contributed by atoms with Gasteiger partial charge in [0.2, 0.25) is 0 Å². The van der Waals surface area contributed by atoms with E-state index < -0.39 is 0 Å². The number of hydrogen-bond donors (Lipinski definition) is 0. The molecule has 0 saturated carbocycles. The Kier molecular flexibility index (Phi) is 1.24. The van der Waals surface area contributed by atoms with Crippen LogP contribution in [0.2, 0.25) is 0 Å². The van der Waals surface area contributed by atoms with Gasteiger partial charge >= 0.3 is 0 Å². The quantitative estimate of drug-likeness (QED) is 0.608. The van der Waals surface area contributed by atoms with Crippen molar-refractivity contribution < 1.29 is 0 Å². The van der Waals surface area contributed by atoms with E-state index in [1.807, 2.05) is 16.9 Å². The second kappa shape index (κ2) is 2.09. The first kappa shape index (κ1) is 5.92. The van der Waals surface area contributed by atoms with Crippen molar-refractivity contribution in [2.24, 2.45) is 0 Å². The predicted octanol–water partition coefficient (Wildman–Crippen LogP) is 1.92. The zero-order chi connectivity index (χ0) is 6.97. The van der Waals surface area contributed by atoms with Crippen LogP contribution in [0.3, 0.4) is 0 Å². The molecule has 2 rings (SSSR count). The topological polar surface area (TPSA) is 17.8 Å². The highest BCUT2D eigenvalue weighted by atomic mass is 32.1. The molecule has 0 bridgehead atoms. The molecule has 2 aromatic heterocycles. The maximum absolute atomic E-state index is 4.18. The van der Waals surface area contributed by atoms with Gasteiger partial charge in [-0.05, 0) is 13.0 Å². The van der Waals surface area contributed by atoms with Crippen molar-refractivity contribution in [2.45, 2.75) is 13.5 Å². The van der Waals surface area contributed by atoms with E-state index in [1.165, 1.54) is 10.2 Å². The Hall–Kier alpha value is -0.830. The Morgan fingerprint density at radius 1 is 1.80 bits per heavy atom. The zero-order valence-electron chi connectivity index (χ0n) is 5.66. The number of rotatable bonds is 1. The minimum absolute atomic E-state index is 0.939. The Bertz CT molecular complexity index is 334. The first-order valence-corrected chi connectivity index (χ1v) is 4.05. The highest BCUT2D eigenvalue weighted by molar-refractivity contribution is 7.16. The Labute approximate surface area is 63.1 Å². The molecule has 10 heavy (non-hydrogen) atoms. The molecule has 2 aromatic rings. The lowest BCUT2D eigenvalue weighted by molar-refractivity contribution is 0.684. The second-order valence-electron chi connectivity index (χ2n) is 2.07. The first-order chi connectivity index (χ1) is 4.92. The van der Waals surface area contributed by atoms with Crippen molar-refractivity contribution in [3.63, 3.8) is 0 Å². The van der Waals surface area contributed by atoms with Crippen LogP contribution in [0.15, 0.2) is 12.3 Å². The van der Waals surface area contributed by atoms with Crippen LogP contribution >= 0.6 is 11.3 Å². The number of fused-ring (bicyclic) bond motifs is 1. The molecule has 0 fully saturated rings. The number of hydrogen-bond acceptors (Lipinski definition) is 2. The van der Waals surface area contributed by atoms with Gasteiger partial charge in [0.1, 0.15) is 0 Å². The van der Waals surface area contributed by atoms with Gasteiger partial charge in [-0.15, -0.1) is 11.3 Å². The summed E-state index contributed by atoms with van der Waals surface area (Å²) in [5, 5.41) is 7.25. The molecule has 0 spiro atoms. The van der Waals surface area contributed by atoms with E-state index in [1.54, 1.807) is 11.3 Å². The van der Waals surface area contributed by atoms with Crippen LogP contribution in [-0.2, 0) is 6.54 Å². The largest absolute Gasteiger partial charge is 0.264 e. The maximum atomic E-state index is 4.18. The summed E-state index contributed by atoms with van der Waals surface area (Å²) in [6.07, 6.45) is 1.89. The third-order valence-corrected chi connectivity index (χ3v) is 2.28. The summed E-state index contributed by atoms with van der Waals surface area (Å²) < 4.78 is 3.20. The highest BCUT2D eigenvalue weighted by Crippen LogP contribution is 2.18. The fraction of sp³-hybridized carbons (Fsp3) is 0.286. The summed E-state index contributed by atoms with van der Waals surface area (Å²) in [5.74, 6) is 0. The first-order valence-electron chi connectivity index (χ1n) is 3.23. The summed E-state index contributed by atoms with van der Waals surface area (Å²) in [6, 6.07) is 1.98. The fourth-order valence-electron chi connectivity index (χ4n) is 1.00. The summed E-state index contributed by atoms with van der Waals surface area (Å²) in [4.78, 5) is 0. The van der Waals surface area contributed by atoms with Gasteiger partial charge in [-0.3, -0.25) is 4.68 Å². The molecule has 0 unspecified atom stereocenters. The van der Waals surface area contributed by atoms with Crippen LogP contribution in [0.1, 0.15) is 6.92 Å². The molecule has 0 aliphatic carbocycles. The molecule has 0 N–H and O–H groups in total. The number of nitrogens with zero attached hydrogens (tertiary/aromatic N) is 2. The van der Waals surface area contributed by atoms with E-state index in [0.717, 1.165) is 6.54 Å². The van der Waals surface area contributed by atoms with Gasteiger partial charge in [0.05, 0.1) is 16.4 Å². The molecular formula is C7H7N2S. The lowest BCUT2D eigenvalue weighted by Crippen LogP contribution is -1.93. The summed E-state index contributed by atoms with van der Waals surface area (Å²) in [6.45, 7) is 3.03. The normalized spacial score (nSPS) is 10.9. The Morgan fingerprint density at radius 3 is 3.50 bits per heavy atom. The van der Waals surface area contributed by atoms with Crippen LogP contribution in [0.5, 0.6) is 0 Å². The number of aromatic nitrogens is 2. The minimum atomic E-state index is 0.939. The Morgan fingerprint density at radius 2 is 2.70 bits per heavy atom. The lowest BCUT2D eigenvalue weighted by atomic mass is 10.5. The molecule has 0 atom stereocenters. The van der Waals surface area contributed by atoms with Crippen molar-refractivity contribution in [1.29, 1.82) is 0 Å². The lowest BCUT2D eigenvalue weighted by Gasteiger charge is -1.92. The summed E-state index contributed by atoms with van der Waals surface area (Å²) in [5.41, 5.74) is 1.20. The third-order valence-electron chi connectivity index (χ3n) is 1.51. The van der Waals surface area contributed by atoms with Crippen LogP contribution in [0.25, 0.3) is 10.2 Å². The van der Waals surface area contributed by atoms with Crippen LogP contribution < -0.4 is 0 Å². The average molecular weight is 151 g/mol. The summed E-state index contributed by atoms with van der Waals surface area (Å²) in [7, 11) is 0. The van der Waals surface area contributed by atoms with Gasteiger partial charge in [-0.25, -0.2) is 0 Å². The molecule has 51 valence electrons. The van der Waals surface area contributed by atoms with E-state index in [4.69, 9.17) is 0 Å². The molecular weight excluding hydrogens is 144 g/mol. The molecule has 0 aliphatic heterocycles. The molecule has 3 heteroatoms. The van der Waals surface area contributed by atoms with Crippen molar-refractivity contribution >= 4 is 21.6 Å². The molecule has 0 amide bonds. The molecule has 0 aromatic carbocycles. The molecule has 1 radical (unpaired) electrons. The second-order valence-corrected chi connectivity index (χ2v) is 2.95. The zero-order valence-corrected chi connectivity index (χ0v) is 6.48. The smallest absolute Gasteiger partial charge is 0.0797 e. The van der Waals surface area contributed by atoms with Crippen molar-refractivity contribution in [1.82, 2.24) is 9.78 Å². The summed E-state index contributed by atoms with van der Waals surface area (Å²) >= 11 is 1.62. The molecule has 0 aliphatic rings. The number of aryl methyl sites for hydroxylation is 1. The van der Waals surface area contributed by atoms with Crippen molar-refractivity contribution in [3.8, 4) is 0 Å². The third kappa shape index (κ3) is 0.671. The predicted molar refractivity (Wildman–Crippen MR) is 42.1 cm³/mol. The monoisotopic (exact) mass is 151 g/mol. The van der Waals surface area contributed by atoms with Gasteiger partial charge in [0, 0.05) is 11.9 Å². The fourth-order valence-corrected chi connectivity index (χ4v) is 1.67. The average Bonchev–Trinajstić information content (AvgIpc) is 2.44. The van der Waals surface area contributed by atoms with Gasteiger partial charge in [-0.2, -0.15) is 5.10 Å². The van der Waals surface area contributed by atoms with E-state index in [-0.39, 0.29) is 0 Å². The van der Waals surface area contributed by atoms with Gasteiger partial charge in [0.25, 0.3) is 0 Å². The van der Waals surface area contributed by atoms with Gasteiger partial charge in [-0.1, -0.05) is 0 Å².